The standard InChI is InChI=1S/C13H15NO6S/c1-2-11(13(17)18)14-21(19,20)10-6-3-9(4-7-10)5-8-12(15)16/h3-8,11,14H,2H2,1H3,(H,15,16)(H,17,18)/b8-5+. The van der Waals surface area contributed by atoms with E-state index < -0.39 is 28.0 Å². The lowest BCUT2D eigenvalue weighted by Crippen LogP contribution is -2.40. The van der Waals surface area contributed by atoms with Crippen LogP contribution in [-0.4, -0.2) is 36.6 Å². The van der Waals surface area contributed by atoms with Crippen LogP contribution in [0, 0.1) is 0 Å². The molecule has 0 heterocycles. The first kappa shape index (κ1) is 16.9. The molecule has 0 aliphatic rings. The van der Waals surface area contributed by atoms with E-state index in [-0.39, 0.29) is 11.3 Å². The van der Waals surface area contributed by atoms with Crippen LogP contribution < -0.4 is 4.72 Å². The first-order valence-corrected chi connectivity index (χ1v) is 7.50. The summed E-state index contributed by atoms with van der Waals surface area (Å²) in [5.74, 6) is -2.36. The fraction of sp³-hybridized carbons (Fsp3) is 0.231. The van der Waals surface area contributed by atoms with E-state index >= 15 is 0 Å². The molecular formula is C13H15NO6S. The Bertz CT molecular complexity index is 648. The van der Waals surface area contributed by atoms with E-state index in [0.29, 0.717) is 5.56 Å². The summed E-state index contributed by atoms with van der Waals surface area (Å²) in [6, 6.07) is 4.21. The molecule has 1 unspecified atom stereocenters. The minimum absolute atomic E-state index is 0.0883. The van der Waals surface area contributed by atoms with Crippen LogP contribution in [0.5, 0.6) is 0 Å². The molecule has 0 amide bonds. The number of nitrogens with one attached hydrogen (secondary N) is 1. The molecule has 7 nitrogen and oxygen atoms in total. The van der Waals surface area contributed by atoms with Crippen molar-refractivity contribution >= 4 is 28.0 Å². The lowest BCUT2D eigenvalue weighted by Gasteiger charge is -2.12. The Morgan fingerprint density at radius 3 is 2.24 bits per heavy atom. The Labute approximate surface area is 122 Å². The van der Waals surface area contributed by atoms with E-state index in [1.54, 1.807) is 6.92 Å². The smallest absolute Gasteiger partial charge is 0.328 e. The summed E-state index contributed by atoms with van der Waals surface area (Å²) in [6.45, 7) is 1.56. The summed E-state index contributed by atoms with van der Waals surface area (Å²) >= 11 is 0. The highest BCUT2D eigenvalue weighted by molar-refractivity contribution is 7.89. The minimum atomic E-state index is -3.94. The zero-order valence-corrected chi connectivity index (χ0v) is 12.0. The average Bonchev–Trinajstić information content (AvgIpc) is 2.42. The zero-order valence-electron chi connectivity index (χ0n) is 11.2. The van der Waals surface area contributed by atoms with Gasteiger partial charge in [-0.25, -0.2) is 13.2 Å². The fourth-order valence-electron chi connectivity index (χ4n) is 1.49. The highest BCUT2D eigenvalue weighted by Crippen LogP contribution is 2.12. The lowest BCUT2D eigenvalue weighted by molar-refractivity contribution is -0.139. The quantitative estimate of drug-likeness (QED) is 0.644. The van der Waals surface area contributed by atoms with Crippen molar-refractivity contribution in [3.05, 3.63) is 35.9 Å². The van der Waals surface area contributed by atoms with Crippen molar-refractivity contribution in [1.82, 2.24) is 4.72 Å². The fourth-order valence-corrected chi connectivity index (χ4v) is 2.76. The van der Waals surface area contributed by atoms with Crippen LogP contribution >= 0.6 is 0 Å². The summed E-state index contributed by atoms with van der Waals surface area (Å²) in [7, 11) is -3.94. The van der Waals surface area contributed by atoms with Crippen molar-refractivity contribution in [2.45, 2.75) is 24.3 Å². The highest BCUT2D eigenvalue weighted by Gasteiger charge is 2.23. The largest absolute Gasteiger partial charge is 0.480 e. The molecular weight excluding hydrogens is 298 g/mol. The van der Waals surface area contributed by atoms with Crippen molar-refractivity contribution in [2.24, 2.45) is 0 Å². The summed E-state index contributed by atoms with van der Waals surface area (Å²) in [4.78, 5) is 21.1. The van der Waals surface area contributed by atoms with Gasteiger partial charge in [-0.15, -0.1) is 0 Å². The molecule has 0 fully saturated rings. The van der Waals surface area contributed by atoms with Crippen molar-refractivity contribution in [2.75, 3.05) is 0 Å². The molecule has 0 aliphatic carbocycles. The van der Waals surface area contributed by atoms with Crippen LogP contribution in [-0.2, 0) is 19.6 Å². The molecule has 1 aromatic rings. The van der Waals surface area contributed by atoms with Gasteiger partial charge in [0.2, 0.25) is 10.0 Å². The molecule has 0 bridgehead atoms. The first-order chi connectivity index (χ1) is 9.76. The predicted molar refractivity (Wildman–Crippen MR) is 75.1 cm³/mol. The molecule has 114 valence electrons. The van der Waals surface area contributed by atoms with Gasteiger partial charge in [-0.05, 0) is 30.2 Å². The van der Waals surface area contributed by atoms with Gasteiger partial charge in [0.1, 0.15) is 6.04 Å². The number of carboxylic acid groups (broad SMARTS) is 2. The molecule has 21 heavy (non-hydrogen) atoms. The van der Waals surface area contributed by atoms with Crippen molar-refractivity contribution in [3.63, 3.8) is 0 Å². The maximum Gasteiger partial charge on any atom is 0.328 e. The second kappa shape index (κ2) is 7.00. The van der Waals surface area contributed by atoms with Gasteiger partial charge in [-0.1, -0.05) is 19.1 Å². The van der Waals surface area contributed by atoms with E-state index in [0.717, 1.165) is 6.08 Å². The second-order valence-corrected chi connectivity index (χ2v) is 5.87. The third-order valence-electron chi connectivity index (χ3n) is 2.61. The van der Waals surface area contributed by atoms with E-state index in [9.17, 15) is 18.0 Å². The Balaban J connectivity index is 2.94. The van der Waals surface area contributed by atoms with E-state index in [1.165, 1.54) is 30.3 Å². The van der Waals surface area contributed by atoms with Gasteiger partial charge in [-0.2, -0.15) is 4.72 Å². The number of carboxylic acids is 2. The maximum absolute atomic E-state index is 12.0. The number of carbonyl (C=O) groups is 2. The Kier molecular flexibility index (Phi) is 5.62. The topological polar surface area (TPSA) is 121 Å². The maximum atomic E-state index is 12.0. The van der Waals surface area contributed by atoms with Gasteiger partial charge in [-0.3, -0.25) is 4.79 Å². The van der Waals surface area contributed by atoms with Crippen LogP contribution in [0.25, 0.3) is 6.08 Å². The first-order valence-electron chi connectivity index (χ1n) is 6.02. The summed E-state index contributed by atoms with van der Waals surface area (Å²) in [5, 5.41) is 17.3. The van der Waals surface area contributed by atoms with E-state index in [1.807, 2.05) is 0 Å². The number of sulfonamides is 1. The van der Waals surface area contributed by atoms with Gasteiger partial charge >= 0.3 is 11.9 Å². The van der Waals surface area contributed by atoms with Crippen molar-refractivity contribution in [1.29, 1.82) is 0 Å². The molecule has 0 spiro atoms. The van der Waals surface area contributed by atoms with Crippen molar-refractivity contribution in [3.8, 4) is 0 Å². The summed E-state index contributed by atoms with van der Waals surface area (Å²) in [5.41, 5.74) is 0.515. The molecule has 0 aliphatic heterocycles. The Morgan fingerprint density at radius 1 is 1.24 bits per heavy atom. The van der Waals surface area contributed by atoms with Gasteiger partial charge in [0.15, 0.2) is 0 Å². The molecule has 1 atom stereocenters. The Morgan fingerprint density at radius 2 is 1.81 bits per heavy atom. The predicted octanol–water partition coefficient (Wildman–Crippen LogP) is 0.926. The third kappa shape index (κ3) is 5.01. The molecule has 1 aromatic carbocycles. The number of aliphatic carboxylic acids is 2. The molecule has 1 rings (SSSR count). The molecule has 8 heteroatoms. The third-order valence-corrected chi connectivity index (χ3v) is 4.10. The highest BCUT2D eigenvalue weighted by atomic mass is 32.2. The SMILES string of the molecule is CCC(NS(=O)(=O)c1ccc(/C=C/C(=O)O)cc1)C(=O)O. The van der Waals surface area contributed by atoms with Crippen molar-refractivity contribution < 1.29 is 28.2 Å². The number of benzene rings is 1. The van der Waals surface area contributed by atoms with E-state index in [4.69, 9.17) is 10.2 Å². The molecule has 0 radical (unpaired) electrons. The minimum Gasteiger partial charge on any atom is -0.480 e. The van der Waals surface area contributed by atoms with Crippen LogP contribution in [0.1, 0.15) is 18.9 Å². The Hall–Kier alpha value is -2.19. The zero-order chi connectivity index (χ0) is 16.0. The average molecular weight is 313 g/mol. The molecule has 0 saturated carbocycles. The lowest BCUT2D eigenvalue weighted by atomic mass is 10.2. The van der Waals surface area contributed by atoms with E-state index in [2.05, 4.69) is 4.72 Å². The van der Waals surface area contributed by atoms with Crippen LogP contribution in [0.15, 0.2) is 35.2 Å². The number of rotatable bonds is 7. The van der Waals surface area contributed by atoms with Crippen LogP contribution in [0.3, 0.4) is 0 Å². The monoisotopic (exact) mass is 313 g/mol. The van der Waals surface area contributed by atoms with Gasteiger partial charge in [0.05, 0.1) is 4.90 Å². The second-order valence-electron chi connectivity index (χ2n) is 4.16. The number of hydrogen-bond donors (Lipinski definition) is 3. The molecule has 3 N–H and O–H groups in total. The van der Waals surface area contributed by atoms with Gasteiger partial charge < -0.3 is 10.2 Å². The van der Waals surface area contributed by atoms with Crippen LogP contribution in [0.4, 0.5) is 0 Å². The number of hydrogen-bond acceptors (Lipinski definition) is 4. The summed E-state index contributed by atoms with van der Waals surface area (Å²) < 4.78 is 26.1. The molecule has 0 aromatic heterocycles. The van der Waals surface area contributed by atoms with Gasteiger partial charge in [0.25, 0.3) is 0 Å². The molecule has 0 saturated heterocycles. The van der Waals surface area contributed by atoms with Gasteiger partial charge in [0, 0.05) is 6.08 Å². The van der Waals surface area contributed by atoms with Crippen LogP contribution in [0.2, 0.25) is 0 Å². The summed E-state index contributed by atoms with van der Waals surface area (Å²) in [6.07, 6.45) is 2.37. The normalized spacial score (nSPS) is 13.2.